The summed E-state index contributed by atoms with van der Waals surface area (Å²) in [4.78, 5) is 0. The molecule has 6 heteroatoms. The van der Waals surface area contributed by atoms with Crippen LogP contribution >= 0.6 is 7.87 Å². The maximum absolute atomic E-state index is 3.96. The summed E-state index contributed by atoms with van der Waals surface area (Å²) < 4.78 is 3.96. The van der Waals surface area contributed by atoms with Crippen LogP contribution in [0.3, 0.4) is 0 Å². The topological polar surface area (TPSA) is 48.1 Å². The lowest BCUT2D eigenvalue weighted by Gasteiger charge is -2.42. The molecule has 0 aliphatic carbocycles. The molecule has 0 saturated heterocycles. The van der Waals surface area contributed by atoms with E-state index in [-0.39, 0.29) is 16.6 Å². The van der Waals surface area contributed by atoms with E-state index in [1.54, 1.807) is 0 Å². The molecule has 4 N–H and O–H groups in total. The molecule has 0 aromatic heterocycles. The van der Waals surface area contributed by atoms with Gasteiger partial charge >= 0.3 is 0 Å². The Morgan fingerprint density at radius 1 is 0.571 bits per heavy atom. The highest BCUT2D eigenvalue weighted by Gasteiger charge is 2.50. The standard InChI is InChI=1S/C15H40N4PSi/c1-13(2,3)16-20(17-14(4,5)6,18-15(7,8)9)19-21(10,11)12/h16-19H,1-12H3/q+1. The van der Waals surface area contributed by atoms with E-state index in [0.29, 0.717) is 0 Å². The van der Waals surface area contributed by atoms with Gasteiger partial charge in [0, 0.05) is 16.6 Å². The van der Waals surface area contributed by atoms with Crippen molar-refractivity contribution in [3.05, 3.63) is 0 Å². The van der Waals surface area contributed by atoms with Gasteiger partial charge in [0.2, 0.25) is 0 Å². The van der Waals surface area contributed by atoms with Gasteiger partial charge in [0.25, 0.3) is 7.87 Å². The van der Waals surface area contributed by atoms with Gasteiger partial charge < -0.3 is 0 Å². The first-order valence-electron chi connectivity index (χ1n) is 7.89. The molecule has 0 unspecified atom stereocenters. The van der Waals surface area contributed by atoms with Crippen molar-refractivity contribution >= 4 is 16.1 Å². The molecule has 0 fully saturated rings. The summed E-state index contributed by atoms with van der Waals surface area (Å²) in [5, 5.41) is 11.6. The molecule has 0 atom stereocenters. The van der Waals surface area contributed by atoms with Gasteiger partial charge in [-0.15, -0.1) is 15.3 Å². The Bertz CT molecular complexity index is 262. The van der Waals surface area contributed by atoms with Crippen molar-refractivity contribution in [1.29, 1.82) is 0 Å². The second-order valence-corrected chi connectivity index (χ2v) is 17.5. The van der Waals surface area contributed by atoms with Crippen LogP contribution in [-0.2, 0) is 0 Å². The van der Waals surface area contributed by atoms with Gasteiger partial charge in [-0.1, -0.05) is 19.6 Å². The SMILES string of the molecule is CC(C)(C)N[P+](NC(C)(C)C)(NC(C)(C)C)N[Si](C)(C)C. The summed E-state index contributed by atoms with van der Waals surface area (Å²) in [7, 11) is -3.40. The second kappa shape index (κ2) is 6.54. The highest BCUT2D eigenvalue weighted by atomic mass is 31.2. The highest BCUT2D eigenvalue weighted by molar-refractivity contribution is 7.70. The molecule has 0 aliphatic rings. The number of nitrogens with one attached hydrogen (secondary N) is 4. The van der Waals surface area contributed by atoms with Crippen LogP contribution in [0, 0.1) is 0 Å². The Labute approximate surface area is 135 Å². The quantitative estimate of drug-likeness (QED) is 0.448. The van der Waals surface area contributed by atoms with E-state index >= 15 is 0 Å². The molecule has 4 nitrogen and oxygen atoms in total. The Kier molecular flexibility index (Phi) is 6.69. The lowest BCUT2D eigenvalue weighted by atomic mass is 10.1. The molecule has 21 heavy (non-hydrogen) atoms. The fourth-order valence-corrected chi connectivity index (χ4v) is 10.1. The smallest absolute Gasteiger partial charge is 0.174 e. The van der Waals surface area contributed by atoms with Gasteiger partial charge in [0.15, 0.2) is 8.24 Å². The normalized spacial score (nSPS) is 15.4. The molecule has 128 valence electrons. The van der Waals surface area contributed by atoms with Crippen LogP contribution in [0.25, 0.3) is 0 Å². The Hall–Kier alpha value is 0.487. The number of hydrogen-bond acceptors (Lipinski definition) is 4. The summed E-state index contributed by atoms with van der Waals surface area (Å²) in [5.41, 5.74) is 0.0742. The van der Waals surface area contributed by atoms with Gasteiger partial charge in [0.05, 0.1) is 0 Å². The predicted octanol–water partition coefficient (Wildman–Crippen LogP) is 4.25. The van der Waals surface area contributed by atoms with Crippen LogP contribution in [0.4, 0.5) is 0 Å². The van der Waals surface area contributed by atoms with Crippen LogP contribution in [0.2, 0.25) is 19.6 Å². The van der Waals surface area contributed by atoms with Crippen molar-refractivity contribution in [3.63, 3.8) is 0 Å². The first-order valence-corrected chi connectivity index (χ1v) is 13.2. The molecule has 0 radical (unpaired) electrons. The molecular weight excluding hydrogens is 295 g/mol. The molecule has 0 spiro atoms. The van der Waals surface area contributed by atoms with Crippen LogP contribution in [0.1, 0.15) is 62.3 Å². The monoisotopic (exact) mass is 335 g/mol. The zero-order valence-electron chi connectivity index (χ0n) is 16.4. The molecule has 0 heterocycles. The summed E-state index contributed by atoms with van der Waals surface area (Å²) >= 11 is 0. The van der Waals surface area contributed by atoms with Crippen molar-refractivity contribution in [3.8, 4) is 0 Å². The zero-order valence-corrected chi connectivity index (χ0v) is 18.3. The van der Waals surface area contributed by atoms with Crippen LogP contribution in [0.15, 0.2) is 0 Å². The number of rotatable bonds is 5. The highest BCUT2D eigenvalue weighted by Crippen LogP contribution is 2.48. The van der Waals surface area contributed by atoms with E-state index in [1.165, 1.54) is 0 Å². The second-order valence-electron chi connectivity index (χ2n) is 10.1. The molecule has 0 amide bonds. The zero-order chi connectivity index (χ0) is 17.3. The maximum atomic E-state index is 3.96. The fourth-order valence-electron chi connectivity index (χ4n) is 2.18. The van der Waals surface area contributed by atoms with Crippen molar-refractivity contribution in [2.24, 2.45) is 0 Å². The summed E-state index contributed by atoms with van der Waals surface area (Å²) in [6, 6.07) is 0. The fraction of sp³-hybridized carbons (Fsp3) is 1.00. The van der Waals surface area contributed by atoms with Crippen molar-refractivity contribution < 1.29 is 0 Å². The lowest BCUT2D eigenvalue weighted by molar-refractivity contribution is 0.449. The minimum absolute atomic E-state index is 0.0247. The first kappa shape index (κ1) is 21.5. The van der Waals surface area contributed by atoms with Gasteiger partial charge in [-0.05, 0) is 62.3 Å². The third kappa shape index (κ3) is 11.7. The molecule has 0 rings (SSSR count). The van der Waals surface area contributed by atoms with Gasteiger partial charge in [-0.2, -0.15) is 4.75 Å². The van der Waals surface area contributed by atoms with Crippen molar-refractivity contribution in [1.82, 2.24) is 20.0 Å². The van der Waals surface area contributed by atoms with Crippen molar-refractivity contribution in [2.75, 3.05) is 0 Å². The minimum Gasteiger partial charge on any atom is -0.174 e. The molecule has 0 saturated carbocycles. The Balaban J connectivity index is 5.70. The molecule has 0 aliphatic heterocycles. The van der Waals surface area contributed by atoms with Crippen LogP contribution in [-0.4, -0.2) is 24.9 Å². The Morgan fingerprint density at radius 2 is 0.810 bits per heavy atom. The largest absolute Gasteiger partial charge is 0.292 e. The molecule has 0 aromatic rings. The molecule has 0 aromatic carbocycles. The van der Waals surface area contributed by atoms with Gasteiger partial charge in [0.1, 0.15) is 0 Å². The van der Waals surface area contributed by atoms with Crippen molar-refractivity contribution in [2.45, 2.75) is 98.6 Å². The minimum atomic E-state index is -1.92. The van der Waals surface area contributed by atoms with E-state index in [4.69, 9.17) is 0 Å². The summed E-state index contributed by atoms with van der Waals surface area (Å²) in [5.74, 6) is 0. The summed E-state index contributed by atoms with van der Waals surface area (Å²) in [6.07, 6.45) is 0. The van der Waals surface area contributed by atoms with E-state index in [0.717, 1.165) is 0 Å². The van der Waals surface area contributed by atoms with E-state index in [1.807, 2.05) is 0 Å². The van der Waals surface area contributed by atoms with E-state index in [9.17, 15) is 0 Å². The third-order valence-electron chi connectivity index (χ3n) is 2.01. The molecule has 0 bridgehead atoms. The average Bonchev–Trinajstić information content (AvgIpc) is 1.83. The van der Waals surface area contributed by atoms with Gasteiger partial charge in [-0.3, -0.25) is 0 Å². The predicted molar refractivity (Wildman–Crippen MR) is 102 cm³/mol. The van der Waals surface area contributed by atoms with E-state index < -0.39 is 16.1 Å². The van der Waals surface area contributed by atoms with Gasteiger partial charge in [-0.25, -0.2) is 0 Å². The first-order chi connectivity index (χ1) is 8.83. The maximum Gasteiger partial charge on any atom is 0.292 e. The third-order valence-corrected chi connectivity index (χ3v) is 9.06. The lowest BCUT2D eigenvalue weighted by Crippen LogP contribution is -2.62. The average molecular weight is 336 g/mol. The Morgan fingerprint density at radius 3 is 0.952 bits per heavy atom. The number of hydrogen-bond donors (Lipinski definition) is 4. The summed E-state index contributed by atoms with van der Waals surface area (Å²) in [6.45, 7) is 27.1. The van der Waals surface area contributed by atoms with Crippen LogP contribution in [0.5, 0.6) is 0 Å². The van der Waals surface area contributed by atoms with Crippen LogP contribution < -0.4 is 20.0 Å². The molecular formula is C15H40N4PSi+. The van der Waals surface area contributed by atoms with E-state index in [2.05, 4.69) is 102 Å².